The van der Waals surface area contributed by atoms with Crippen LogP contribution in [0.15, 0.2) is 29.8 Å². The molecule has 0 atom stereocenters. The molecule has 0 unspecified atom stereocenters. The van der Waals surface area contributed by atoms with Crippen LogP contribution in [-0.4, -0.2) is 12.6 Å². The van der Waals surface area contributed by atoms with Crippen molar-refractivity contribution < 1.29 is 9.53 Å². The van der Waals surface area contributed by atoms with E-state index >= 15 is 0 Å². The fourth-order valence-electron chi connectivity index (χ4n) is 1.31. The Morgan fingerprint density at radius 2 is 1.81 bits per heavy atom. The van der Waals surface area contributed by atoms with Crippen LogP contribution in [0.1, 0.15) is 26.3 Å². The minimum atomic E-state index is -0.269. The van der Waals surface area contributed by atoms with Gasteiger partial charge in [-0.25, -0.2) is 4.79 Å². The highest BCUT2D eigenvalue weighted by molar-refractivity contribution is 6.30. The zero-order valence-corrected chi connectivity index (χ0v) is 10.5. The van der Waals surface area contributed by atoms with Gasteiger partial charge in [0, 0.05) is 10.6 Å². The first-order valence-corrected chi connectivity index (χ1v) is 5.54. The van der Waals surface area contributed by atoms with Gasteiger partial charge in [-0.1, -0.05) is 23.7 Å². The topological polar surface area (TPSA) is 26.3 Å². The van der Waals surface area contributed by atoms with E-state index in [-0.39, 0.29) is 5.97 Å². The summed E-state index contributed by atoms with van der Waals surface area (Å²) in [6, 6.07) is 7.39. The maximum atomic E-state index is 11.5. The Balaban J connectivity index is 2.99. The van der Waals surface area contributed by atoms with Gasteiger partial charge in [-0.05, 0) is 44.0 Å². The summed E-state index contributed by atoms with van der Waals surface area (Å²) in [6.45, 7) is 5.85. The Kier molecular flexibility index (Phi) is 4.56. The summed E-state index contributed by atoms with van der Waals surface area (Å²) in [6.07, 6.45) is 0. The minimum Gasteiger partial charge on any atom is -0.463 e. The van der Waals surface area contributed by atoms with E-state index in [1.807, 2.05) is 19.1 Å². The molecule has 0 radical (unpaired) electrons. The number of hydrogen-bond acceptors (Lipinski definition) is 2. The third-order valence-electron chi connectivity index (χ3n) is 2.42. The molecule has 0 bridgehead atoms. The van der Waals surface area contributed by atoms with Crippen molar-refractivity contribution in [3.63, 3.8) is 0 Å². The van der Waals surface area contributed by atoms with E-state index in [2.05, 4.69) is 0 Å². The second-order valence-electron chi connectivity index (χ2n) is 3.48. The van der Waals surface area contributed by atoms with E-state index in [1.54, 1.807) is 26.0 Å². The number of carbonyl (C=O) groups is 1. The van der Waals surface area contributed by atoms with E-state index in [0.717, 1.165) is 11.1 Å². The number of rotatable bonds is 3. The first-order chi connectivity index (χ1) is 7.56. The molecular formula is C13H15ClO2. The minimum absolute atomic E-state index is 0.269. The molecule has 3 heteroatoms. The summed E-state index contributed by atoms with van der Waals surface area (Å²) in [4.78, 5) is 11.5. The second kappa shape index (κ2) is 5.71. The highest BCUT2D eigenvalue weighted by Gasteiger charge is 2.09. The van der Waals surface area contributed by atoms with E-state index < -0.39 is 0 Å². The molecule has 1 aromatic rings. The first-order valence-electron chi connectivity index (χ1n) is 5.16. The predicted molar refractivity (Wildman–Crippen MR) is 66.4 cm³/mol. The maximum Gasteiger partial charge on any atom is 0.333 e. The molecule has 0 aliphatic heterocycles. The molecule has 86 valence electrons. The van der Waals surface area contributed by atoms with Gasteiger partial charge in [0.1, 0.15) is 0 Å². The fraction of sp³-hybridized carbons (Fsp3) is 0.308. The van der Waals surface area contributed by atoms with E-state index in [4.69, 9.17) is 16.3 Å². The molecule has 0 fully saturated rings. The van der Waals surface area contributed by atoms with Crippen LogP contribution in [0.2, 0.25) is 5.02 Å². The van der Waals surface area contributed by atoms with Crippen LogP contribution in [0.5, 0.6) is 0 Å². The van der Waals surface area contributed by atoms with Gasteiger partial charge in [-0.2, -0.15) is 0 Å². The molecule has 0 heterocycles. The normalized spacial score (nSPS) is 12.0. The molecule has 16 heavy (non-hydrogen) atoms. The summed E-state index contributed by atoms with van der Waals surface area (Å²) in [5.41, 5.74) is 2.52. The van der Waals surface area contributed by atoms with Crippen LogP contribution in [-0.2, 0) is 9.53 Å². The number of hydrogen-bond donors (Lipinski definition) is 0. The summed E-state index contributed by atoms with van der Waals surface area (Å²) >= 11 is 5.80. The van der Waals surface area contributed by atoms with Crippen molar-refractivity contribution in [1.29, 1.82) is 0 Å². The molecule has 0 aliphatic carbocycles. The number of benzene rings is 1. The van der Waals surface area contributed by atoms with Gasteiger partial charge in [0.15, 0.2) is 0 Å². The molecule has 0 N–H and O–H groups in total. The van der Waals surface area contributed by atoms with E-state index in [1.165, 1.54) is 0 Å². The van der Waals surface area contributed by atoms with Crippen molar-refractivity contribution in [2.45, 2.75) is 20.8 Å². The quantitative estimate of drug-likeness (QED) is 0.593. The zero-order valence-electron chi connectivity index (χ0n) is 9.71. The maximum absolute atomic E-state index is 11.5. The van der Waals surface area contributed by atoms with Gasteiger partial charge in [0.25, 0.3) is 0 Å². The fourth-order valence-corrected chi connectivity index (χ4v) is 1.43. The zero-order chi connectivity index (χ0) is 12.1. The molecule has 1 rings (SSSR count). The van der Waals surface area contributed by atoms with Crippen molar-refractivity contribution in [3.8, 4) is 0 Å². The molecule has 0 aromatic heterocycles. The van der Waals surface area contributed by atoms with E-state index in [0.29, 0.717) is 17.2 Å². The second-order valence-corrected chi connectivity index (χ2v) is 3.91. The van der Waals surface area contributed by atoms with Gasteiger partial charge in [-0.3, -0.25) is 0 Å². The van der Waals surface area contributed by atoms with Crippen molar-refractivity contribution in [2.24, 2.45) is 0 Å². The standard InChI is InChI=1S/C13H15ClO2/c1-4-16-13(15)10(3)9(2)11-5-7-12(14)8-6-11/h5-8H,4H2,1-3H3/b10-9-. The molecule has 0 spiro atoms. The van der Waals surface area contributed by atoms with Gasteiger partial charge in [0.2, 0.25) is 0 Å². The van der Waals surface area contributed by atoms with Crippen LogP contribution >= 0.6 is 11.6 Å². The number of halogens is 1. The molecule has 0 saturated carbocycles. The highest BCUT2D eigenvalue weighted by atomic mass is 35.5. The van der Waals surface area contributed by atoms with Crippen LogP contribution in [0.4, 0.5) is 0 Å². The third-order valence-corrected chi connectivity index (χ3v) is 2.67. The van der Waals surface area contributed by atoms with E-state index in [9.17, 15) is 4.79 Å². The van der Waals surface area contributed by atoms with Crippen molar-refractivity contribution in [2.75, 3.05) is 6.61 Å². The number of carbonyl (C=O) groups excluding carboxylic acids is 1. The number of esters is 1. The van der Waals surface area contributed by atoms with Crippen LogP contribution in [0.3, 0.4) is 0 Å². The largest absolute Gasteiger partial charge is 0.463 e. The molecule has 1 aromatic carbocycles. The highest BCUT2D eigenvalue weighted by Crippen LogP contribution is 2.20. The lowest BCUT2D eigenvalue weighted by Crippen LogP contribution is -2.06. The average Bonchev–Trinajstić information content (AvgIpc) is 2.28. The molecule has 2 nitrogen and oxygen atoms in total. The molecular weight excluding hydrogens is 224 g/mol. The Morgan fingerprint density at radius 1 is 1.25 bits per heavy atom. The molecule has 0 amide bonds. The van der Waals surface area contributed by atoms with Gasteiger partial charge >= 0.3 is 5.97 Å². The Hall–Kier alpha value is -1.28. The first kappa shape index (κ1) is 12.8. The summed E-state index contributed by atoms with van der Waals surface area (Å²) in [7, 11) is 0. The lowest BCUT2D eigenvalue weighted by Gasteiger charge is -2.07. The Bertz CT molecular complexity index is 404. The average molecular weight is 239 g/mol. The SMILES string of the molecule is CCOC(=O)/C(C)=C(/C)c1ccc(Cl)cc1. The van der Waals surface area contributed by atoms with Gasteiger partial charge in [-0.15, -0.1) is 0 Å². The predicted octanol–water partition coefficient (Wildman–Crippen LogP) is 3.70. The van der Waals surface area contributed by atoms with Crippen molar-refractivity contribution >= 4 is 23.1 Å². The van der Waals surface area contributed by atoms with Gasteiger partial charge < -0.3 is 4.74 Å². The number of ether oxygens (including phenoxy) is 1. The Labute approximate surface area is 101 Å². The summed E-state index contributed by atoms with van der Waals surface area (Å²) in [5, 5.41) is 0.685. The number of allylic oxidation sites excluding steroid dienone is 1. The van der Waals surface area contributed by atoms with Crippen LogP contribution in [0, 0.1) is 0 Å². The van der Waals surface area contributed by atoms with Crippen LogP contribution in [0.25, 0.3) is 5.57 Å². The Morgan fingerprint density at radius 3 is 2.31 bits per heavy atom. The van der Waals surface area contributed by atoms with Crippen molar-refractivity contribution in [1.82, 2.24) is 0 Å². The smallest absolute Gasteiger partial charge is 0.333 e. The lowest BCUT2D eigenvalue weighted by molar-refractivity contribution is -0.138. The lowest BCUT2D eigenvalue weighted by atomic mass is 10.0. The molecule has 0 saturated heterocycles. The van der Waals surface area contributed by atoms with Crippen LogP contribution < -0.4 is 0 Å². The molecule has 0 aliphatic rings. The van der Waals surface area contributed by atoms with Crippen molar-refractivity contribution in [3.05, 3.63) is 40.4 Å². The monoisotopic (exact) mass is 238 g/mol. The summed E-state index contributed by atoms with van der Waals surface area (Å²) in [5.74, 6) is -0.269. The summed E-state index contributed by atoms with van der Waals surface area (Å²) < 4.78 is 4.95. The van der Waals surface area contributed by atoms with Gasteiger partial charge in [0.05, 0.1) is 6.61 Å². The third kappa shape index (κ3) is 3.11.